The van der Waals surface area contributed by atoms with Crippen LogP contribution in [0.5, 0.6) is 0 Å². The van der Waals surface area contributed by atoms with E-state index in [0.717, 1.165) is 50.0 Å². The molecule has 0 spiro atoms. The molecule has 0 fully saturated rings. The van der Waals surface area contributed by atoms with E-state index in [-0.39, 0.29) is 18.0 Å². The van der Waals surface area contributed by atoms with E-state index >= 15 is 0 Å². The van der Waals surface area contributed by atoms with Gasteiger partial charge in [0.05, 0.1) is 0 Å². The summed E-state index contributed by atoms with van der Waals surface area (Å²) in [4.78, 5) is 14.5. The Hall–Kier alpha value is -1.55. The normalized spacial score (nSPS) is 19.6. The summed E-state index contributed by atoms with van der Waals surface area (Å²) in [6.45, 7) is 5.75. The Morgan fingerprint density at radius 2 is 2.24 bits per heavy atom. The first-order chi connectivity index (χ1) is 10.1. The van der Waals surface area contributed by atoms with Gasteiger partial charge < -0.3 is 16.0 Å². The van der Waals surface area contributed by atoms with Gasteiger partial charge in [0.2, 0.25) is 5.91 Å². The van der Waals surface area contributed by atoms with Crippen molar-refractivity contribution in [2.24, 2.45) is 5.73 Å². The lowest BCUT2D eigenvalue weighted by molar-refractivity contribution is -0.122. The van der Waals surface area contributed by atoms with Crippen molar-refractivity contribution in [3.8, 4) is 0 Å². The van der Waals surface area contributed by atoms with Crippen LogP contribution in [-0.4, -0.2) is 25.0 Å². The van der Waals surface area contributed by atoms with Gasteiger partial charge in [0.15, 0.2) is 0 Å². The highest BCUT2D eigenvalue weighted by molar-refractivity contribution is 5.85. The van der Waals surface area contributed by atoms with Crippen molar-refractivity contribution in [3.63, 3.8) is 0 Å². The number of anilines is 1. The molecule has 1 amide bonds. The van der Waals surface area contributed by atoms with Crippen LogP contribution in [0, 0.1) is 0 Å². The molecule has 21 heavy (non-hydrogen) atoms. The largest absolute Gasteiger partial charge is 0.360 e. The van der Waals surface area contributed by atoms with Crippen molar-refractivity contribution in [2.45, 2.75) is 51.6 Å². The number of nitrogens with two attached hydrogens (primary N) is 1. The molecular weight excluding hydrogens is 262 g/mol. The molecule has 3 N–H and O–H groups in total. The lowest BCUT2D eigenvalue weighted by atomic mass is 10.0. The minimum atomic E-state index is -0.159. The zero-order chi connectivity index (χ0) is 15.2. The van der Waals surface area contributed by atoms with Crippen LogP contribution >= 0.6 is 0 Å². The molecule has 0 saturated carbocycles. The number of carbonyl (C=O) groups is 1. The number of para-hydroxylation sites is 1. The molecule has 2 atom stereocenters. The van der Waals surface area contributed by atoms with Crippen molar-refractivity contribution in [3.05, 3.63) is 29.8 Å². The number of nitrogens with one attached hydrogen (secondary N) is 1. The molecule has 0 bridgehead atoms. The fraction of sp³-hybridized carbons (Fsp3) is 0.588. The van der Waals surface area contributed by atoms with Gasteiger partial charge in [0.1, 0.15) is 6.04 Å². The monoisotopic (exact) mass is 289 g/mol. The first kappa shape index (κ1) is 15.8. The summed E-state index contributed by atoms with van der Waals surface area (Å²) in [5.74, 6) is 0.105. The lowest BCUT2D eigenvalue weighted by Crippen LogP contribution is -2.46. The number of nitrogens with zero attached hydrogens (tertiary/aromatic N) is 1. The van der Waals surface area contributed by atoms with E-state index in [1.165, 1.54) is 0 Å². The minimum Gasteiger partial charge on any atom is -0.360 e. The topological polar surface area (TPSA) is 58.4 Å². The molecule has 2 unspecified atom stereocenters. The third kappa shape index (κ3) is 3.76. The van der Waals surface area contributed by atoms with Gasteiger partial charge >= 0.3 is 0 Å². The zero-order valence-electron chi connectivity index (χ0n) is 13.1. The van der Waals surface area contributed by atoms with Crippen LogP contribution in [0.15, 0.2) is 24.3 Å². The Morgan fingerprint density at radius 3 is 3.00 bits per heavy atom. The Kier molecular flexibility index (Phi) is 5.62. The molecule has 0 aliphatic carbocycles. The highest BCUT2D eigenvalue weighted by Crippen LogP contribution is 2.32. The van der Waals surface area contributed by atoms with E-state index in [0.29, 0.717) is 0 Å². The third-order valence-electron chi connectivity index (χ3n) is 4.24. The van der Waals surface area contributed by atoms with Gasteiger partial charge in [-0.1, -0.05) is 31.5 Å². The standard InChI is InChI=1S/C17H27N3O/c1-3-4-11-19-17(21)13(2)20-12-7-9-15(18)14-8-5-6-10-16(14)20/h5-6,8,10,13,15H,3-4,7,9,11-12,18H2,1-2H3,(H,19,21). The van der Waals surface area contributed by atoms with Gasteiger partial charge in [-0.2, -0.15) is 0 Å². The number of amides is 1. The van der Waals surface area contributed by atoms with Crippen LogP contribution in [-0.2, 0) is 4.79 Å². The predicted molar refractivity (Wildman–Crippen MR) is 87.3 cm³/mol. The van der Waals surface area contributed by atoms with Crippen LogP contribution in [0.2, 0.25) is 0 Å². The van der Waals surface area contributed by atoms with Crippen LogP contribution in [0.3, 0.4) is 0 Å². The second-order valence-corrected chi connectivity index (χ2v) is 5.82. The van der Waals surface area contributed by atoms with Crippen molar-refractivity contribution in [1.82, 2.24) is 5.32 Å². The molecule has 1 aromatic carbocycles. The maximum atomic E-state index is 12.3. The average molecular weight is 289 g/mol. The van der Waals surface area contributed by atoms with Gasteiger partial charge in [-0.25, -0.2) is 0 Å². The maximum absolute atomic E-state index is 12.3. The lowest BCUT2D eigenvalue weighted by Gasteiger charge is -2.30. The molecule has 2 rings (SSSR count). The average Bonchev–Trinajstić information content (AvgIpc) is 2.66. The SMILES string of the molecule is CCCCNC(=O)C(C)N1CCCC(N)c2ccccc21. The molecule has 0 radical (unpaired) electrons. The molecule has 1 aliphatic heterocycles. The molecule has 1 heterocycles. The van der Waals surface area contributed by atoms with E-state index in [1.807, 2.05) is 19.1 Å². The third-order valence-corrected chi connectivity index (χ3v) is 4.24. The van der Waals surface area contributed by atoms with Crippen molar-refractivity contribution < 1.29 is 4.79 Å². The highest BCUT2D eigenvalue weighted by atomic mass is 16.2. The summed E-state index contributed by atoms with van der Waals surface area (Å²) in [6, 6.07) is 8.12. The number of carbonyl (C=O) groups excluding carboxylic acids is 1. The summed E-state index contributed by atoms with van der Waals surface area (Å²) in [7, 11) is 0. The number of hydrogen-bond acceptors (Lipinski definition) is 3. The minimum absolute atomic E-state index is 0.0709. The molecular formula is C17H27N3O. The number of fused-ring (bicyclic) bond motifs is 1. The summed E-state index contributed by atoms with van der Waals surface area (Å²) in [6.07, 6.45) is 4.11. The number of benzene rings is 1. The first-order valence-corrected chi connectivity index (χ1v) is 8.04. The molecule has 1 aromatic rings. The summed E-state index contributed by atoms with van der Waals surface area (Å²) in [5.41, 5.74) is 8.52. The highest BCUT2D eigenvalue weighted by Gasteiger charge is 2.26. The molecule has 116 valence electrons. The Balaban J connectivity index is 2.14. The van der Waals surface area contributed by atoms with Crippen LogP contribution in [0.1, 0.15) is 51.1 Å². The molecule has 4 heteroatoms. The quantitative estimate of drug-likeness (QED) is 0.819. The van der Waals surface area contributed by atoms with E-state index in [9.17, 15) is 4.79 Å². The van der Waals surface area contributed by atoms with Crippen LogP contribution in [0.25, 0.3) is 0 Å². The van der Waals surface area contributed by atoms with E-state index < -0.39 is 0 Å². The van der Waals surface area contributed by atoms with Gasteiger partial charge in [-0.15, -0.1) is 0 Å². The smallest absolute Gasteiger partial charge is 0.242 e. The summed E-state index contributed by atoms with van der Waals surface area (Å²) in [5, 5.41) is 3.03. The maximum Gasteiger partial charge on any atom is 0.242 e. The van der Waals surface area contributed by atoms with Gasteiger partial charge in [-0.05, 0) is 37.8 Å². The van der Waals surface area contributed by atoms with Gasteiger partial charge in [0, 0.05) is 24.8 Å². The molecule has 1 aliphatic rings. The van der Waals surface area contributed by atoms with Crippen LogP contribution < -0.4 is 16.0 Å². The van der Waals surface area contributed by atoms with Crippen LogP contribution in [0.4, 0.5) is 5.69 Å². The summed E-state index contributed by atoms with van der Waals surface area (Å²) < 4.78 is 0. The summed E-state index contributed by atoms with van der Waals surface area (Å²) >= 11 is 0. The zero-order valence-corrected chi connectivity index (χ0v) is 13.1. The second-order valence-electron chi connectivity index (χ2n) is 5.82. The number of unbranched alkanes of at least 4 members (excludes halogenated alkanes) is 1. The van der Waals surface area contributed by atoms with E-state index in [2.05, 4.69) is 29.3 Å². The first-order valence-electron chi connectivity index (χ1n) is 8.04. The van der Waals surface area contributed by atoms with Crippen molar-refractivity contribution in [1.29, 1.82) is 0 Å². The van der Waals surface area contributed by atoms with Crippen molar-refractivity contribution in [2.75, 3.05) is 18.0 Å². The number of hydrogen-bond donors (Lipinski definition) is 2. The fourth-order valence-electron chi connectivity index (χ4n) is 2.90. The van der Waals surface area contributed by atoms with Crippen molar-refractivity contribution >= 4 is 11.6 Å². The molecule has 0 aromatic heterocycles. The Labute approximate surface area is 127 Å². The number of rotatable bonds is 5. The molecule has 0 saturated heterocycles. The van der Waals surface area contributed by atoms with E-state index in [1.54, 1.807) is 0 Å². The predicted octanol–water partition coefficient (Wildman–Crippen LogP) is 2.59. The Morgan fingerprint density at radius 1 is 1.48 bits per heavy atom. The fourth-order valence-corrected chi connectivity index (χ4v) is 2.90. The second kappa shape index (κ2) is 7.46. The van der Waals surface area contributed by atoms with Gasteiger partial charge in [0.25, 0.3) is 0 Å². The Bertz CT molecular complexity index is 475. The molecule has 4 nitrogen and oxygen atoms in total. The van der Waals surface area contributed by atoms with Gasteiger partial charge in [-0.3, -0.25) is 4.79 Å². The van der Waals surface area contributed by atoms with E-state index in [4.69, 9.17) is 5.73 Å².